The molecule has 0 radical (unpaired) electrons. The van der Waals surface area contributed by atoms with Crippen molar-refractivity contribution in [1.82, 2.24) is 9.97 Å². The number of hydrogen-bond donors (Lipinski definition) is 0. The van der Waals surface area contributed by atoms with Gasteiger partial charge in [-0.1, -0.05) is 58.6 Å². The van der Waals surface area contributed by atoms with Crippen LogP contribution in [0.15, 0.2) is 69.6 Å². The molecule has 3 heterocycles. The topological polar surface area (TPSA) is 41.5 Å². The summed E-state index contributed by atoms with van der Waals surface area (Å²) in [7, 11) is 0. The van der Waals surface area contributed by atoms with Crippen molar-refractivity contribution in [1.29, 1.82) is 0 Å². The Balaban J connectivity index is 0.00000442. The van der Waals surface area contributed by atoms with Gasteiger partial charge in [0.05, 0.1) is 32.5 Å². The van der Waals surface area contributed by atoms with E-state index in [9.17, 15) is 0 Å². The standard InChI is InChI=1S/C34H34Br2Cl2N4O.Ru/c1-19-14-21(3)32(22(4)15-19)41-11-12-42(33-23(5)16-20(2)17-24(33)6)27(41)9-13-43-34(30-25(35)8-7-10-39-30)31-28(36)29(38)26(37)18-40-31;/h7-10,14-18,34H,11-13H2,1-6H3;/q;+2. The van der Waals surface area contributed by atoms with E-state index >= 15 is 0 Å². The Morgan fingerprint density at radius 1 is 0.841 bits per heavy atom. The van der Waals surface area contributed by atoms with Crippen LogP contribution in [0.3, 0.4) is 0 Å². The molecule has 1 saturated heterocycles. The molecule has 0 spiro atoms. The second kappa shape index (κ2) is 14.7. The van der Waals surface area contributed by atoms with Gasteiger partial charge in [0, 0.05) is 41.3 Å². The molecule has 1 fully saturated rings. The third-order valence-corrected chi connectivity index (χ3v) is 10.1. The van der Waals surface area contributed by atoms with Crippen molar-refractivity contribution in [3.8, 4) is 0 Å². The third-order valence-electron chi connectivity index (χ3n) is 7.67. The molecule has 10 heteroatoms. The predicted molar refractivity (Wildman–Crippen MR) is 186 cm³/mol. The van der Waals surface area contributed by atoms with E-state index in [1.165, 1.54) is 44.8 Å². The van der Waals surface area contributed by atoms with Crippen LogP contribution in [0.4, 0.5) is 11.4 Å². The van der Waals surface area contributed by atoms with Crippen molar-refractivity contribution >= 4 is 66.4 Å². The summed E-state index contributed by atoms with van der Waals surface area (Å²) in [6, 6.07) is 12.8. The Bertz CT molecular complexity index is 1620. The third kappa shape index (κ3) is 7.11. The van der Waals surface area contributed by atoms with Crippen molar-refractivity contribution in [3.05, 3.63) is 124 Å². The Morgan fingerprint density at radius 2 is 1.36 bits per heavy atom. The zero-order valence-electron chi connectivity index (χ0n) is 25.5. The van der Waals surface area contributed by atoms with Crippen LogP contribution in [0.5, 0.6) is 0 Å². The number of halogens is 4. The van der Waals surface area contributed by atoms with Crippen molar-refractivity contribution in [2.45, 2.75) is 47.6 Å². The second-order valence-electron chi connectivity index (χ2n) is 11.1. The van der Waals surface area contributed by atoms with Gasteiger partial charge >= 0.3 is 19.5 Å². The van der Waals surface area contributed by atoms with Gasteiger partial charge in [-0.2, -0.15) is 0 Å². The molecular formula is C34H34Br2Cl2N4ORu+2. The quantitative estimate of drug-likeness (QED) is 0.173. The van der Waals surface area contributed by atoms with E-state index in [-0.39, 0.29) is 19.5 Å². The van der Waals surface area contributed by atoms with Crippen LogP contribution in [0.2, 0.25) is 10.0 Å². The summed E-state index contributed by atoms with van der Waals surface area (Å²) in [5.41, 5.74) is 11.3. The summed E-state index contributed by atoms with van der Waals surface area (Å²) in [6.45, 7) is 15.1. The fourth-order valence-electron chi connectivity index (χ4n) is 6.18. The molecule has 0 aliphatic carbocycles. The molecule has 4 aromatic rings. The van der Waals surface area contributed by atoms with E-state index in [2.05, 4.69) is 124 Å². The van der Waals surface area contributed by atoms with Gasteiger partial charge in [-0.15, -0.1) is 0 Å². The number of rotatable bonds is 7. The van der Waals surface area contributed by atoms with Gasteiger partial charge in [0.1, 0.15) is 11.9 Å². The number of hydrogen-bond acceptors (Lipinski definition) is 5. The zero-order chi connectivity index (χ0) is 31.0. The number of aromatic nitrogens is 2. The minimum absolute atomic E-state index is 0. The first-order chi connectivity index (χ1) is 20.5. The maximum absolute atomic E-state index is 6.64. The molecule has 5 nitrogen and oxygen atoms in total. The maximum Gasteiger partial charge on any atom is 2.00 e. The van der Waals surface area contributed by atoms with Crippen LogP contribution in [-0.4, -0.2) is 29.7 Å². The van der Waals surface area contributed by atoms with Gasteiger partial charge in [0.2, 0.25) is 0 Å². The van der Waals surface area contributed by atoms with Crippen LogP contribution in [0.25, 0.3) is 0 Å². The monoisotopic (exact) mass is 844 g/mol. The van der Waals surface area contributed by atoms with Gasteiger partial charge in [-0.25, -0.2) is 0 Å². The van der Waals surface area contributed by atoms with Crippen LogP contribution in [0.1, 0.15) is 50.9 Å². The summed E-state index contributed by atoms with van der Waals surface area (Å²) >= 11 is 20.0. The number of nitrogens with zero attached hydrogens (tertiary/aromatic N) is 4. The molecule has 1 atom stereocenters. The summed E-state index contributed by atoms with van der Waals surface area (Å²) in [5, 5.41) is 0.748. The minimum atomic E-state index is -0.606. The number of pyridine rings is 2. The number of ether oxygens (including phenoxy) is 1. The van der Waals surface area contributed by atoms with Gasteiger partial charge in [-0.05, 0) is 114 Å². The minimum Gasteiger partial charge on any atom is -0.361 e. The molecule has 1 aliphatic heterocycles. The fourth-order valence-corrected chi connectivity index (χ4v) is 7.57. The van der Waals surface area contributed by atoms with E-state index in [4.69, 9.17) is 27.9 Å². The predicted octanol–water partition coefficient (Wildman–Crippen LogP) is 10.1. The first-order valence-corrected chi connectivity index (χ1v) is 16.4. The molecule has 0 N–H and O–H groups in total. The molecule has 0 bridgehead atoms. The Morgan fingerprint density at radius 3 is 1.86 bits per heavy atom. The van der Waals surface area contributed by atoms with Crippen molar-refractivity contribution in [2.24, 2.45) is 0 Å². The van der Waals surface area contributed by atoms with E-state index < -0.39 is 6.10 Å². The molecule has 230 valence electrons. The molecule has 5 rings (SSSR count). The van der Waals surface area contributed by atoms with Crippen LogP contribution in [0, 0.1) is 41.5 Å². The molecule has 2 aromatic heterocycles. The van der Waals surface area contributed by atoms with Crippen molar-refractivity contribution in [2.75, 3.05) is 29.5 Å². The normalized spacial score (nSPS) is 13.7. The number of aryl methyl sites for hydroxylation is 6. The smallest absolute Gasteiger partial charge is 0.361 e. The molecule has 2 aromatic carbocycles. The molecule has 1 unspecified atom stereocenters. The number of anilines is 2. The summed E-state index contributed by atoms with van der Waals surface area (Å²) < 4.78 is 8.04. The first-order valence-electron chi connectivity index (χ1n) is 14.1. The van der Waals surface area contributed by atoms with E-state index in [0.717, 1.165) is 23.4 Å². The molecule has 0 saturated carbocycles. The first kappa shape index (κ1) is 35.1. The Labute approximate surface area is 300 Å². The maximum atomic E-state index is 6.64. The zero-order valence-corrected chi connectivity index (χ0v) is 31.9. The number of benzene rings is 2. The molecular weight excluding hydrogens is 812 g/mol. The molecule has 44 heavy (non-hydrogen) atoms. The Hall–Kier alpha value is -1.80. The van der Waals surface area contributed by atoms with E-state index in [1.807, 2.05) is 12.1 Å². The van der Waals surface area contributed by atoms with E-state index in [1.54, 1.807) is 12.4 Å². The summed E-state index contributed by atoms with van der Waals surface area (Å²) in [5.74, 6) is 1.09. The fraction of sp³-hybridized carbons (Fsp3) is 0.294. The summed E-state index contributed by atoms with van der Waals surface area (Å²) in [4.78, 5) is 14.1. The van der Waals surface area contributed by atoms with Crippen molar-refractivity contribution < 1.29 is 24.2 Å². The largest absolute Gasteiger partial charge is 2.00 e. The van der Waals surface area contributed by atoms with E-state index in [0.29, 0.717) is 32.5 Å². The second-order valence-corrected chi connectivity index (χ2v) is 13.5. The SMILES string of the molecule is Cc1cc(C)c(N2CCN(c3c(C)cc(C)cc3C)C2=CCOC(c2ncccc2Br)c2ncc(Cl)c(Cl)c2Br)c(C)c1.[Ru+2]. The molecule has 1 aliphatic rings. The van der Waals surface area contributed by atoms with Crippen LogP contribution in [-0.2, 0) is 24.2 Å². The average molecular weight is 846 g/mol. The Kier molecular flexibility index (Phi) is 11.8. The molecule has 0 amide bonds. The van der Waals surface area contributed by atoms with Gasteiger partial charge in [-0.3, -0.25) is 9.97 Å². The van der Waals surface area contributed by atoms with Crippen molar-refractivity contribution in [3.63, 3.8) is 0 Å². The van der Waals surface area contributed by atoms with Gasteiger partial charge < -0.3 is 14.5 Å². The summed E-state index contributed by atoms with van der Waals surface area (Å²) in [6.07, 6.45) is 4.85. The van der Waals surface area contributed by atoms with Crippen LogP contribution >= 0.6 is 55.1 Å². The van der Waals surface area contributed by atoms with Gasteiger partial charge in [0.25, 0.3) is 0 Å². The average Bonchev–Trinajstić information content (AvgIpc) is 3.32. The van der Waals surface area contributed by atoms with Crippen LogP contribution < -0.4 is 9.80 Å². The van der Waals surface area contributed by atoms with Gasteiger partial charge in [0.15, 0.2) is 0 Å².